The van der Waals surface area contributed by atoms with Gasteiger partial charge in [-0.2, -0.15) is 0 Å². The number of carbonyl (C=O) groups excluding carboxylic acids is 2. The third-order valence-electron chi connectivity index (χ3n) is 2.37. The summed E-state index contributed by atoms with van der Waals surface area (Å²) in [6.45, 7) is -0.0359. The highest BCUT2D eigenvalue weighted by atomic mass is 16.2. The molecule has 6 heteroatoms. The molecule has 2 rings (SSSR count). The molecule has 0 saturated heterocycles. The van der Waals surface area contributed by atoms with Crippen molar-refractivity contribution in [3.8, 4) is 0 Å². The van der Waals surface area contributed by atoms with Crippen molar-refractivity contribution in [3.63, 3.8) is 0 Å². The minimum atomic E-state index is -0.400. The number of carbonyl (C=O) groups is 2. The predicted molar refractivity (Wildman–Crippen MR) is 62.1 cm³/mol. The molecule has 0 atom stereocenters. The van der Waals surface area contributed by atoms with Gasteiger partial charge in [0.2, 0.25) is 5.91 Å². The van der Waals surface area contributed by atoms with Crippen LogP contribution in [0.4, 0.5) is 5.69 Å². The number of anilines is 1. The molecule has 6 nitrogen and oxygen atoms in total. The van der Waals surface area contributed by atoms with Gasteiger partial charge < -0.3 is 16.4 Å². The van der Waals surface area contributed by atoms with Gasteiger partial charge in [-0.1, -0.05) is 0 Å². The smallest absolute Gasteiger partial charge is 0.270 e. The SMILES string of the molecule is Nc1ccnc(C(=O)NCC(=O)NC2CC2)c1. The second kappa shape index (κ2) is 4.82. The number of nitrogen functional groups attached to an aromatic ring is 1. The lowest BCUT2D eigenvalue weighted by molar-refractivity contribution is -0.120. The van der Waals surface area contributed by atoms with Gasteiger partial charge in [0, 0.05) is 17.9 Å². The molecule has 4 N–H and O–H groups in total. The van der Waals surface area contributed by atoms with Crippen LogP contribution < -0.4 is 16.4 Å². The Balaban J connectivity index is 1.82. The zero-order chi connectivity index (χ0) is 12.3. The molecule has 2 amide bonds. The fourth-order valence-corrected chi connectivity index (χ4v) is 1.33. The number of nitrogens with one attached hydrogen (secondary N) is 2. The molecule has 0 aliphatic heterocycles. The van der Waals surface area contributed by atoms with E-state index in [1.807, 2.05) is 0 Å². The largest absolute Gasteiger partial charge is 0.399 e. The van der Waals surface area contributed by atoms with Crippen LogP contribution in [0.3, 0.4) is 0 Å². The Kier molecular flexibility index (Phi) is 3.22. The molecular weight excluding hydrogens is 220 g/mol. The molecule has 0 aromatic carbocycles. The first kappa shape index (κ1) is 11.4. The van der Waals surface area contributed by atoms with Gasteiger partial charge in [-0.3, -0.25) is 14.6 Å². The summed E-state index contributed by atoms with van der Waals surface area (Å²) in [7, 11) is 0. The number of rotatable bonds is 4. The summed E-state index contributed by atoms with van der Waals surface area (Å²) in [6.07, 6.45) is 3.50. The van der Waals surface area contributed by atoms with Crippen LogP contribution in [0.25, 0.3) is 0 Å². The van der Waals surface area contributed by atoms with E-state index < -0.39 is 5.91 Å². The van der Waals surface area contributed by atoms with E-state index in [4.69, 9.17) is 5.73 Å². The lowest BCUT2D eigenvalue weighted by Crippen LogP contribution is -2.38. The number of nitrogens with zero attached hydrogens (tertiary/aromatic N) is 1. The highest BCUT2D eigenvalue weighted by molar-refractivity contribution is 5.95. The normalized spacial score (nSPS) is 14.1. The summed E-state index contributed by atoms with van der Waals surface area (Å²) in [5.41, 5.74) is 6.20. The van der Waals surface area contributed by atoms with Crippen LogP contribution in [0.15, 0.2) is 18.3 Å². The molecule has 1 aromatic rings. The Morgan fingerprint density at radius 2 is 2.24 bits per heavy atom. The lowest BCUT2D eigenvalue weighted by atomic mass is 10.3. The van der Waals surface area contributed by atoms with Crippen molar-refractivity contribution < 1.29 is 9.59 Å². The van der Waals surface area contributed by atoms with Gasteiger partial charge in [0.15, 0.2) is 0 Å². The summed E-state index contributed by atoms with van der Waals surface area (Å²) < 4.78 is 0. The molecule has 1 aliphatic rings. The first-order chi connectivity index (χ1) is 8.15. The third kappa shape index (κ3) is 3.44. The topological polar surface area (TPSA) is 97.1 Å². The maximum atomic E-state index is 11.6. The molecule has 17 heavy (non-hydrogen) atoms. The van der Waals surface area contributed by atoms with Gasteiger partial charge in [-0.25, -0.2) is 0 Å². The molecule has 1 aromatic heterocycles. The summed E-state index contributed by atoms with van der Waals surface area (Å²) in [6, 6.07) is 3.36. The molecule has 0 bridgehead atoms. The number of pyridine rings is 1. The Morgan fingerprint density at radius 1 is 1.47 bits per heavy atom. The van der Waals surface area contributed by atoms with Crippen LogP contribution in [-0.4, -0.2) is 29.4 Å². The molecule has 0 spiro atoms. The van der Waals surface area contributed by atoms with E-state index in [0.29, 0.717) is 11.7 Å². The van der Waals surface area contributed by atoms with E-state index in [0.717, 1.165) is 12.8 Å². The van der Waals surface area contributed by atoms with Crippen molar-refractivity contribution in [3.05, 3.63) is 24.0 Å². The van der Waals surface area contributed by atoms with Gasteiger partial charge in [0.25, 0.3) is 5.91 Å². The number of hydrogen-bond donors (Lipinski definition) is 3. The Morgan fingerprint density at radius 3 is 2.88 bits per heavy atom. The fraction of sp³-hybridized carbons (Fsp3) is 0.364. The first-order valence-electron chi connectivity index (χ1n) is 5.44. The fourth-order valence-electron chi connectivity index (χ4n) is 1.33. The van der Waals surface area contributed by atoms with Crippen molar-refractivity contribution in [1.82, 2.24) is 15.6 Å². The van der Waals surface area contributed by atoms with E-state index in [2.05, 4.69) is 15.6 Å². The molecule has 0 unspecified atom stereocenters. The number of nitrogens with two attached hydrogens (primary N) is 1. The minimum absolute atomic E-state index is 0.0359. The molecular formula is C11H14N4O2. The number of aromatic nitrogens is 1. The molecule has 90 valence electrons. The lowest BCUT2D eigenvalue weighted by Gasteiger charge is -2.05. The summed E-state index contributed by atoms with van der Waals surface area (Å²) in [4.78, 5) is 26.8. The van der Waals surface area contributed by atoms with Crippen molar-refractivity contribution in [2.24, 2.45) is 0 Å². The Labute approximate surface area is 98.6 Å². The standard InChI is InChI=1S/C11H14N4O2/c12-7-3-4-13-9(5-7)11(17)14-6-10(16)15-8-1-2-8/h3-5,8H,1-2,6H2,(H2,12,13)(H,14,17)(H,15,16). The monoisotopic (exact) mass is 234 g/mol. The minimum Gasteiger partial charge on any atom is -0.399 e. The van der Waals surface area contributed by atoms with E-state index in [1.165, 1.54) is 12.3 Å². The van der Waals surface area contributed by atoms with Gasteiger partial charge in [-0.15, -0.1) is 0 Å². The second-order valence-electron chi connectivity index (χ2n) is 4.00. The molecule has 0 radical (unpaired) electrons. The molecule has 1 saturated carbocycles. The highest BCUT2D eigenvalue weighted by Gasteiger charge is 2.23. The average Bonchev–Trinajstić information content (AvgIpc) is 3.10. The number of amides is 2. The highest BCUT2D eigenvalue weighted by Crippen LogP contribution is 2.18. The van der Waals surface area contributed by atoms with Gasteiger partial charge in [0.05, 0.1) is 6.54 Å². The second-order valence-corrected chi connectivity index (χ2v) is 4.00. The van der Waals surface area contributed by atoms with Crippen molar-refractivity contribution in [2.45, 2.75) is 18.9 Å². The zero-order valence-electron chi connectivity index (χ0n) is 9.27. The van der Waals surface area contributed by atoms with E-state index in [9.17, 15) is 9.59 Å². The Bertz CT molecular complexity index is 443. The number of hydrogen-bond acceptors (Lipinski definition) is 4. The predicted octanol–water partition coefficient (Wildman–Crippen LogP) is -0.328. The van der Waals surface area contributed by atoms with Crippen LogP contribution in [0, 0.1) is 0 Å². The van der Waals surface area contributed by atoms with E-state index >= 15 is 0 Å². The zero-order valence-corrected chi connectivity index (χ0v) is 9.27. The van der Waals surface area contributed by atoms with E-state index in [-0.39, 0.29) is 18.1 Å². The third-order valence-corrected chi connectivity index (χ3v) is 2.37. The van der Waals surface area contributed by atoms with Gasteiger partial charge in [0.1, 0.15) is 5.69 Å². The first-order valence-corrected chi connectivity index (χ1v) is 5.44. The van der Waals surface area contributed by atoms with E-state index in [1.54, 1.807) is 6.07 Å². The van der Waals surface area contributed by atoms with Crippen LogP contribution in [0.2, 0.25) is 0 Å². The summed E-state index contributed by atoms with van der Waals surface area (Å²) >= 11 is 0. The van der Waals surface area contributed by atoms with Crippen LogP contribution in [0.5, 0.6) is 0 Å². The van der Waals surface area contributed by atoms with Crippen molar-refractivity contribution in [2.75, 3.05) is 12.3 Å². The van der Waals surface area contributed by atoms with Crippen LogP contribution in [-0.2, 0) is 4.79 Å². The quantitative estimate of drug-likeness (QED) is 0.664. The maximum absolute atomic E-state index is 11.6. The Hall–Kier alpha value is -2.11. The summed E-state index contributed by atoms with van der Waals surface area (Å²) in [5, 5.41) is 5.26. The van der Waals surface area contributed by atoms with Crippen LogP contribution in [0.1, 0.15) is 23.3 Å². The molecule has 1 aliphatic carbocycles. The maximum Gasteiger partial charge on any atom is 0.270 e. The summed E-state index contributed by atoms with van der Waals surface area (Å²) in [5.74, 6) is -0.576. The van der Waals surface area contributed by atoms with Gasteiger partial charge in [-0.05, 0) is 25.0 Å². The van der Waals surface area contributed by atoms with Crippen molar-refractivity contribution >= 4 is 17.5 Å². The van der Waals surface area contributed by atoms with Gasteiger partial charge >= 0.3 is 0 Å². The molecule has 1 fully saturated rings. The van der Waals surface area contributed by atoms with Crippen molar-refractivity contribution in [1.29, 1.82) is 0 Å². The molecule has 1 heterocycles. The average molecular weight is 234 g/mol. The van der Waals surface area contributed by atoms with Crippen LogP contribution >= 0.6 is 0 Å².